The normalized spacial score (nSPS) is 23.0. The maximum atomic E-state index is 12.9. The zero-order valence-corrected chi connectivity index (χ0v) is 14.4. The zero-order chi connectivity index (χ0) is 15.9. The molecular formula is C18H34N2O2. The minimum absolute atomic E-state index is 0.0197. The molecule has 4 nitrogen and oxygen atoms in total. The SMILES string of the molecule is CC(C)CC(NC1CCCCC1)C(=O)N1CCC(CO)CC1. The molecule has 1 heterocycles. The van der Waals surface area contributed by atoms with Crippen LogP contribution in [0.15, 0.2) is 0 Å². The first-order valence-electron chi connectivity index (χ1n) is 9.25. The van der Waals surface area contributed by atoms with E-state index in [0.717, 1.165) is 32.4 Å². The number of hydrogen-bond acceptors (Lipinski definition) is 3. The molecular weight excluding hydrogens is 276 g/mol. The van der Waals surface area contributed by atoms with E-state index in [1.807, 2.05) is 4.90 Å². The molecule has 1 atom stereocenters. The van der Waals surface area contributed by atoms with Crippen LogP contribution in [-0.4, -0.2) is 47.7 Å². The second kappa shape index (κ2) is 8.88. The van der Waals surface area contributed by atoms with Crippen molar-refractivity contribution < 1.29 is 9.90 Å². The highest BCUT2D eigenvalue weighted by Gasteiger charge is 2.30. The van der Waals surface area contributed by atoms with Gasteiger partial charge in [-0.3, -0.25) is 4.79 Å². The Morgan fingerprint density at radius 1 is 1.14 bits per heavy atom. The number of aliphatic hydroxyl groups excluding tert-OH is 1. The van der Waals surface area contributed by atoms with Crippen molar-refractivity contribution in [3.8, 4) is 0 Å². The molecule has 22 heavy (non-hydrogen) atoms. The molecule has 2 rings (SSSR count). The molecule has 0 bridgehead atoms. The Morgan fingerprint density at radius 3 is 2.32 bits per heavy atom. The highest BCUT2D eigenvalue weighted by Crippen LogP contribution is 2.21. The number of carbonyl (C=O) groups excluding carboxylic acids is 1. The summed E-state index contributed by atoms with van der Waals surface area (Å²) in [5.41, 5.74) is 0. The monoisotopic (exact) mass is 310 g/mol. The van der Waals surface area contributed by atoms with E-state index in [2.05, 4.69) is 19.2 Å². The van der Waals surface area contributed by atoms with Crippen LogP contribution < -0.4 is 5.32 Å². The molecule has 1 aliphatic carbocycles. The summed E-state index contributed by atoms with van der Waals surface area (Å²) in [7, 11) is 0. The van der Waals surface area contributed by atoms with E-state index in [1.54, 1.807) is 0 Å². The Morgan fingerprint density at radius 2 is 1.77 bits per heavy atom. The van der Waals surface area contributed by atoms with Gasteiger partial charge in [0.15, 0.2) is 0 Å². The van der Waals surface area contributed by atoms with Crippen molar-refractivity contribution in [2.45, 2.75) is 77.3 Å². The number of likely N-dealkylation sites (tertiary alicyclic amines) is 1. The Labute approximate surface area is 135 Å². The quantitative estimate of drug-likeness (QED) is 0.793. The van der Waals surface area contributed by atoms with Gasteiger partial charge in [-0.2, -0.15) is 0 Å². The molecule has 1 unspecified atom stereocenters. The molecule has 0 aromatic heterocycles. The minimum atomic E-state index is -0.0197. The smallest absolute Gasteiger partial charge is 0.239 e. The summed E-state index contributed by atoms with van der Waals surface area (Å²) in [6.07, 6.45) is 9.18. The van der Waals surface area contributed by atoms with Gasteiger partial charge in [-0.25, -0.2) is 0 Å². The molecule has 1 saturated carbocycles. The lowest BCUT2D eigenvalue weighted by Crippen LogP contribution is -2.52. The summed E-state index contributed by atoms with van der Waals surface area (Å²) >= 11 is 0. The average molecular weight is 310 g/mol. The van der Waals surface area contributed by atoms with Gasteiger partial charge in [-0.1, -0.05) is 33.1 Å². The van der Waals surface area contributed by atoms with Crippen molar-refractivity contribution >= 4 is 5.91 Å². The van der Waals surface area contributed by atoms with Gasteiger partial charge in [0.1, 0.15) is 0 Å². The number of aliphatic hydroxyl groups is 1. The van der Waals surface area contributed by atoms with Crippen molar-refractivity contribution in [1.82, 2.24) is 10.2 Å². The second-order valence-corrected chi connectivity index (χ2v) is 7.63. The van der Waals surface area contributed by atoms with Gasteiger partial charge in [0, 0.05) is 25.7 Å². The average Bonchev–Trinajstić information content (AvgIpc) is 2.54. The predicted octanol–water partition coefficient (Wildman–Crippen LogP) is 2.55. The molecule has 0 aromatic rings. The lowest BCUT2D eigenvalue weighted by molar-refractivity contribution is -0.135. The van der Waals surface area contributed by atoms with Crippen molar-refractivity contribution in [3.63, 3.8) is 0 Å². The third-order valence-corrected chi connectivity index (χ3v) is 5.23. The van der Waals surface area contributed by atoms with Gasteiger partial charge in [0.05, 0.1) is 6.04 Å². The maximum Gasteiger partial charge on any atom is 0.239 e. The zero-order valence-electron chi connectivity index (χ0n) is 14.4. The number of piperidine rings is 1. The first-order valence-corrected chi connectivity index (χ1v) is 9.25. The van der Waals surface area contributed by atoms with Crippen LogP contribution >= 0.6 is 0 Å². The van der Waals surface area contributed by atoms with E-state index in [0.29, 0.717) is 17.9 Å². The van der Waals surface area contributed by atoms with Crippen LogP contribution in [0, 0.1) is 11.8 Å². The van der Waals surface area contributed by atoms with Crippen LogP contribution in [0.4, 0.5) is 0 Å². The summed E-state index contributed by atoms with van der Waals surface area (Å²) in [5.74, 6) is 1.20. The highest BCUT2D eigenvalue weighted by atomic mass is 16.3. The largest absolute Gasteiger partial charge is 0.396 e. The topological polar surface area (TPSA) is 52.6 Å². The van der Waals surface area contributed by atoms with Gasteiger partial charge in [-0.05, 0) is 43.9 Å². The molecule has 128 valence electrons. The summed E-state index contributed by atoms with van der Waals surface area (Å²) < 4.78 is 0. The van der Waals surface area contributed by atoms with E-state index in [1.165, 1.54) is 32.1 Å². The van der Waals surface area contributed by atoms with Gasteiger partial charge >= 0.3 is 0 Å². The van der Waals surface area contributed by atoms with E-state index in [-0.39, 0.29) is 18.6 Å². The van der Waals surface area contributed by atoms with Crippen molar-refractivity contribution in [3.05, 3.63) is 0 Å². The van der Waals surface area contributed by atoms with Crippen LogP contribution in [-0.2, 0) is 4.79 Å². The second-order valence-electron chi connectivity index (χ2n) is 7.63. The molecule has 0 radical (unpaired) electrons. The molecule has 4 heteroatoms. The van der Waals surface area contributed by atoms with Gasteiger partial charge in [0.25, 0.3) is 0 Å². The predicted molar refractivity (Wildman–Crippen MR) is 89.6 cm³/mol. The summed E-state index contributed by atoms with van der Waals surface area (Å²) in [6, 6.07) is 0.505. The Balaban J connectivity index is 1.90. The van der Waals surface area contributed by atoms with Crippen molar-refractivity contribution in [2.75, 3.05) is 19.7 Å². The number of nitrogens with one attached hydrogen (secondary N) is 1. The van der Waals surface area contributed by atoms with Crippen LogP contribution in [0.3, 0.4) is 0 Å². The van der Waals surface area contributed by atoms with E-state index in [4.69, 9.17) is 0 Å². The number of amides is 1. The number of carbonyl (C=O) groups is 1. The third-order valence-electron chi connectivity index (χ3n) is 5.23. The fourth-order valence-corrected chi connectivity index (χ4v) is 3.82. The third kappa shape index (κ3) is 5.24. The molecule has 0 aromatic carbocycles. The molecule has 1 amide bonds. The summed E-state index contributed by atoms with van der Waals surface area (Å²) in [4.78, 5) is 14.9. The van der Waals surface area contributed by atoms with Gasteiger partial charge in [0.2, 0.25) is 5.91 Å². The molecule has 0 spiro atoms. The van der Waals surface area contributed by atoms with Crippen LogP contribution in [0.2, 0.25) is 0 Å². The fraction of sp³-hybridized carbons (Fsp3) is 0.944. The van der Waals surface area contributed by atoms with Crippen molar-refractivity contribution in [2.24, 2.45) is 11.8 Å². The lowest BCUT2D eigenvalue weighted by atomic mass is 9.92. The lowest BCUT2D eigenvalue weighted by Gasteiger charge is -2.36. The van der Waals surface area contributed by atoms with E-state index < -0.39 is 0 Å². The maximum absolute atomic E-state index is 12.9. The first kappa shape index (κ1) is 17.7. The fourth-order valence-electron chi connectivity index (χ4n) is 3.82. The van der Waals surface area contributed by atoms with E-state index >= 15 is 0 Å². The minimum Gasteiger partial charge on any atom is -0.396 e. The number of hydrogen-bond donors (Lipinski definition) is 2. The highest BCUT2D eigenvalue weighted by molar-refractivity contribution is 5.82. The Bertz CT molecular complexity index is 332. The van der Waals surface area contributed by atoms with Crippen LogP contribution in [0.25, 0.3) is 0 Å². The Kier molecular flexibility index (Phi) is 7.16. The molecule has 1 aliphatic heterocycles. The van der Waals surface area contributed by atoms with Crippen LogP contribution in [0.5, 0.6) is 0 Å². The Hall–Kier alpha value is -0.610. The molecule has 1 saturated heterocycles. The van der Waals surface area contributed by atoms with Gasteiger partial charge < -0.3 is 15.3 Å². The van der Waals surface area contributed by atoms with E-state index in [9.17, 15) is 9.90 Å². The van der Waals surface area contributed by atoms with Crippen molar-refractivity contribution in [1.29, 1.82) is 0 Å². The summed E-state index contributed by atoms with van der Waals surface area (Å²) in [5, 5.41) is 12.9. The molecule has 2 N–H and O–H groups in total. The number of rotatable bonds is 6. The first-order chi connectivity index (χ1) is 10.6. The molecule has 2 fully saturated rings. The van der Waals surface area contributed by atoms with Crippen LogP contribution in [0.1, 0.15) is 65.2 Å². The van der Waals surface area contributed by atoms with Gasteiger partial charge in [-0.15, -0.1) is 0 Å². The standard InChI is InChI=1S/C18H34N2O2/c1-14(2)12-17(19-16-6-4-3-5-7-16)18(22)20-10-8-15(13-21)9-11-20/h14-17,19,21H,3-13H2,1-2H3. The summed E-state index contributed by atoms with van der Waals surface area (Å²) in [6.45, 7) is 6.27. The molecule has 2 aliphatic rings. The number of nitrogens with zero attached hydrogens (tertiary/aromatic N) is 1.